The molecule has 0 spiro atoms. The minimum Gasteiger partial charge on any atom is -0.407 e. The number of nitrogens with zero attached hydrogens (tertiary/aromatic N) is 3. The van der Waals surface area contributed by atoms with E-state index in [0.717, 1.165) is 11.3 Å². The second-order valence-corrected chi connectivity index (χ2v) is 7.08. The summed E-state index contributed by atoms with van der Waals surface area (Å²) in [5, 5.41) is 11.1. The monoisotopic (exact) mass is 396 g/mol. The van der Waals surface area contributed by atoms with Crippen LogP contribution < -0.4 is 10.2 Å². The highest BCUT2D eigenvalue weighted by Crippen LogP contribution is 2.32. The minimum absolute atomic E-state index is 0.0120. The molecule has 7 nitrogen and oxygen atoms in total. The van der Waals surface area contributed by atoms with Gasteiger partial charge < -0.3 is 9.32 Å². The molecule has 2 amide bonds. The molecule has 1 saturated heterocycles. The van der Waals surface area contributed by atoms with Crippen molar-refractivity contribution in [2.45, 2.75) is 19.3 Å². The first-order chi connectivity index (χ1) is 13.5. The van der Waals surface area contributed by atoms with Crippen LogP contribution in [0.25, 0.3) is 0 Å². The molecule has 0 aliphatic carbocycles. The molecule has 3 aromatic rings. The minimum atomic E-state index is -0.333. The average molecular weight is 397 g/mol. The summed E-state index contributed by atoms with van der Waals surface area (Å²) in [5.41, 5.74) is 2.33. The van der Waals surface area contributed by atoms with E-state index in [1.54, 1.807) is 41.3 Å². The smallest absolute Gasteiger partial charge is 0.322 e. The quantitative estimate of drug-likeness (QED) is 0.724. The molecule has 1 fully saturated rings. The van der Waals surface area contributed by atoms with Gasteiger partial charge >= 0.3 is 6.01 Å². The number of carbonyl (C=O) groups is 2. The van der Waals surface area contributed by atoms with Crippen molar-refractivity contribution >= 4 is 35.1 Å². The van der Waals surface area contributed by atoms with Crippen LogP contribution in [0.4, 0.5) is 11.7 Å². The van der Waals surface area contributed by atoms with Crippen molar-refractivity contribution in [3.8, 4) is 0 Å². The summed E-state index contributed by atoms with van der Waals surface area (Å²) < 4.78 is 5.58. The Kier molecular flexibility index (Phi) is 4.83. The second-order valence-electron chi connectivity index (χ2n) is 6.65. The first-order valence-corrected chi connectivity index (χ1v) is 9.15. The molecular formula is C20H17ClN4O3. The summed E-state index contributed by atoms with van der Waals surface area (Å²) in [4.78, 5) is 26.3. The van der Waals surface area contributed by atoms with Gasteiger partial charge in [0.15, 0.2) is 0 Å². The molecule has 0 bridgehead atoms. The lowest BCUT2D eigenvalue weighted by molar-refractivity contribution is -0.117. The highest BCUT2D eigenvalue weighted by molar-refractivity contribution is 6.30. The zero-order chi connectivity index (χ0) is 19.7. The Hall–Kier alpha value is -3.19. The molecule has 1 aromatic heterocycles. The summed E-state index contributed by atoms with van der Waals surface area (Å²) >= 11 is 5.90. The van der Waals surface area contributed by atoms with E-state index in [1.807, 2.05) is 19.1 Å². The number of hydrogen-bond donors (Lipinski definition) is 1. The number of amides is 2. The fourth-order valence-corrected chi connectivity index (χ4v) is 3.19. The Balaban J connectivity index is 1.44. The normalized spacial score (nSPS) is 16.4. The molecule has 0 radical (unpaired) electrons. The highest BCUT2D eigenvalue weighted by atomic mass is 35.5. The van der Waals surface area contributed by atoms with Gasteiger partial charge in [-0.3, -0.25) is 14.9 Å². The average Bonchev–Trinajstić information content (AvgIpc) is 3.29. The van der Waals surface area contributed by atoms with Gasteiger partial charge in [0.25, 0.3) is 5.91 Å². The summed E-state index contributed by atoms with van der Waals surface area (Å²) in [6, 6.07) is 14.2. The van der Waals surface area contributed by atoms with Gasteiger partial charge in [0.05, 0.1) is 5.92 Å². The number of aryl methyl sites for hydroxylation is 1. The van der Waals surface area contributed by atoms with E-state index < -0.39 is 0 Å². The lowest BCUT2D eigenvalue weighted by Gasteiger charge is -2.15. The zero-order valence-electron chi connectivity index (χ0n) is 15.1. The van der Waals surface area contributed by atoms with Crippen molar-refractivity contribution in [2.24, 2.45) is 0 Å². The number of benzene rings is 2. The van der Waals surface area contributed by atoms with Gasteiger partial charge in [-0.1, -0.05) is 34.4 Å². The Morgan fingerprint density at radius 3 is 2.57 bits per heavy atom. The predicted octanol–water partition coefficient (Wildman–Crippen LogP) is 3.80. The second kappa shape index (κ2) is 7.44. The van der Waals surface area contributed by atoms with Crippen LogP contribution in [0.1, 0.15) is 34.2 Å². The van der Waals surface area contributed by atoms with Gasteiger partial charge in [0.1, 0.15) is 0 Å². The highest BCUT2D eigenvalue weighted by Gasteiger charge is 2.35. The number of hydrogen-bond acceptors (Lipinski definition) is 5. The Labute approximate surface area is 166 Å². The van der Waals surface area contributed by atoms with E-state index in [4.69, 9.17) is 16.0 Å². The maximum Gasteiger partial charge on any atom is 0.322 e. The van der Waals surface area contributed by atoms with E-state index in [1.165, 1.54) is 0 Å². The van der Waals surface area contributed by atoms with Crippen LogP contribution in [0.15, 0.2) is 52.9 Å². The molecule has 8 heteroatoms. The van der Waals surface area contributed by atoms with Crippen molar-refractivity contribution in [1.82, 2.24) is 10.2 Å². The molecule has 142 valence electrons. The first kappa shape index (κ1) is 18.2. The van der Waals surface area contributed by atoms with E-state index in [0.29, 0.717) is 23.0 Å². The summed E-state index contributed by atoms with van der Waals surface area (Å²) in [6.07, 6.45) is 0.260. The third kappa shape index (κ3) is 3.75. The Morgan fingerprint density at radius 2 is 1.86 bits per heavy atom. The molecule has 0 unspecified atom stereocenters. The van der Waals surface area contributed by atoms with Gasteiger partial charge in [-0.2, -0.15) is 0 Å². The summed E-state index contributed by atoms with van der Waals surface area (Å²) in [7, 11) is 0. The van der Waals surface area contributed by atoms with Crippen LogP contribution in [0.3, 0.4) is 0 Å². The fourth-order valence-electron chi connectivity index (χ4n) is 3.07. The van der Waals surface area contributed by atoms with Gasteiger partial charge in [-0.25, -0.2) is 0 Å². The van der Waals surface area contributed by atoms with Crippen LogP contribution in [0, 0.1) is 6.92 Å². The van der Waals surface area contributed by atoms with Crippen LogP contribution in [0.2, 0.25) is 5.02 Å². The van der Waals surface area contributed by atoms with E-state index in [9.17, 15) is 9.59 Å². The van der Waals surface area contributed by atoms with Crippen LogP contribution in [-0.4, -0.2) is 28.6 Å². The number of anilines is 2. The van der Waals surface area contributed by atoms with E-state index >= 15 is 0 Å². The van der Waals surface area contributed by atoms with Crippen LogP contribution >= 0.6 is 11.6 Å². The first-order valence-electron chi connectivity index (χ1n) is 8.77. The molecule has 1 aliphatic rings. The van der Waals surface area contributed by atoms with Gasteiger partial charge in [-0.15, -0.1) is 5.10 Å². The predicted molar refractivity (Wildman–Crippen MR) is 105 cm³/mol. The summed E-state index contributed by atoms with van der Waals surface area (Å²) in [6.45, 7) is 2.37. The summed E-state index contributed by atoms with van der Waals surface area (Å²) in [5.74, 6) is -0.277. The number of carbonyl (C=O) groups excluding carboxylic acids is 2. The molecule has 28 heavy (non-hydrogen) atoms. The molecule has 0 saturated carbocycles. The van der Waals surface area contributed by atoms with Gasteiger partial charge in [0.2, 0.25) is 11.8 Å². The third-order valence-electron chi connectivity index (χ3n) is 4.59. The van der Waals surface area contributed by atoms with Crippen molar-refractivity contribution in [1.29, 1.82) is 0 Å². The Bertz CT molecular complexity index is 1010. The van der Waals surface area contributed by atoms with Crippen molar-refractivity contribution in [3.05, 3.63) is 70.6 Å². The molecule has 1 aliphatic heterocycles. The van der Waals surface area contributed by atoms with E-state index in [-0.39, 0.29) is 30.2 Å². The number of aromatic nitrogens is 2. The molecule has 1 N–H and O–H groups in total. The van der Waals surface area contributed by atoms with Gasteiger partial charge in [-0.05, 0) is 43.3 Å². The van der Waals surface area contributed by atoms with Crippen LogP contribution in [-0.2, 0) is 4.79 Å². The van der Waals surface area contributed by atoms with Gasteiger partial charge in [0, 0.05) is 29.2 Å². The maximum absolute atomic E-state index is 12.4. The fraction of sp³-hybridized carbons (Fsp3) is 0.200. The topological polar surface area (TPSA) is 88.3 Å². The molecule has 1 atom stereocenters. The molecule has 2 aromatic carbocycles. The zero-order valence-corrected chi connectivity index (χ0v) is 15.8. The maximum atomic E-state index is 12.4. The van der Waals surface area contributed by atoms with Crippen LogP contribution in [0.5, 0.6) is 0 Å². The van der Waals surface area contributed by atoms with Crippen molar-refractivity contribution in [2.75, 3.05) is 16.8 Å². The molecule has 2 heterocycles. The number of rotatable bonds is 4. The number of halogens is 1. The lowest BCUT2D eigenvalue weighted by Crippen LogP contribution is -2.24. The molecular weight excluding hydrogens is 380 g/mol. The van der Waals surface area contributed by atoms with E-state index in [2.05, 4.69) is 15.5 Å². The SMILES string of the molecule is Cc1ccc(C(=O)Nc2nnc([C@H]3CC(=O)N(c4ccc(Cl)cc4)C3)o2)cc1. The Morgan fingerprint density at radius 1 is 1.14 bits per heavy atom. The van der Waals surface area contributed by atoms with Crippen molar-refractivity contribution < 1.29 is 14.0 Å². The molecule has 4 rings (SSSR count). The number of nitrogens with one attached hydrogen (secondary N) is 1. The largest absolute Gasteiger partial charge is 0.407 e. The standard InChI is InChI=1S/C20H17ClN4O3/c1-12-2-4-13(5-3-12)18(27)22-20-24-23-19(28-20)14-10-17(26)25(11-14)16-8-6-15(21)7-9-16/h2-9,14H,10-11H2,1H3,(H,22,24,27)/t14-/m0/s1. The lowest BCUT2D eigenvalue weighted by atomic mass is 10.1. The third-order valence-corrected chi connectivity index (χ3v) is 4.84. The van der Waals surface area contributed by atoms with Crippen molar-refractivity contribution in [3.63, 3.8) is 0 Å².